The van der Waals surface area contributed by atoms with Gasteiger partial charge in [-0.3, -0.25) is 0 Å². The molecule has 1 aromatic carbocycles. The fourth-order valence-electron chi connectivity index (χ4n) is 3.59. The van der Waals surface area contributed by atoms with E-state index < -0.39 is 16.1 Å². The number of nitrogens with zero attached hydrogens (tertiary/aromatic N) is 2. The lowest BCUT2D eigenvalue weighted by Gasteiger charge is -2.38. The number of rotatable bonds is 7. The summed E-state index contributed by atoms with van der Waals surface area (Å²) in [6.07, 6.45) is 1.40. The van der Waals surface area contributed by atoms with Gasteiger partial charge in [0.1, 0.15) is 5.75 Å². The monoisotopic (exact) mass is 398 g/mol. The summed E-state index contributed by atoms with van der Waals surface area (Å²) in [5.41, 5.74) is -0.0677. The molecule has 0 spiro atoms. The maximum absolute atomic E-state index is 13.4. The first kappa shape index (κ1) is 22.1. The van der Waals surface area contributed by atoms with Gasteiger partial charge in [0.2, 0.25) is 10.0 Å². The minimum atomic E-state index is -3.69. The van der Waals surface area contributed by atoms with Crippen LogP contribution in [0.4, 0.5) is 0 Å². The molecule has 0 bridgehead atoms. The number of likely N-dealkylation sites (tertiary alicyclic amines) is 1. The molecule has 1 heterocycles. The molecule has 27 heavy (non-hydrogen) atoms. The average Bonchev–Trinajstić information content (AvgIpc) is 2.59. The zero-order valence-electron chi connectivity index (χ0n) is 17.2. The molecule has 0 amide bonds. The Balaban J connectivity index is 2.28. The van der Waals surface area contributed by atoms with Crippen LogP contribution in [0.3, 0.4) is 0 Å². The summed E-state index contributed by atoms with van der Waals surface area (Å²) in [5, 5.41) is 10.6. The van der Waals surface area contributed by atoms with Gasteiger partial charge in [0.05, 0.1) is 18.1 Å². The second-order valence-corrected chi connectivity index (χ2v) is 10.6. The lowest BCUT2D eigenvalue weighted by molar-refractivity contribution is 0.0795. The minimum Gasteiger partial charge on any atom is -0.497 e. The minimum absolute atomic E-state index is 0.0677. The van der Waals surface area contributed by atoms with Gasteiger partial charge in [0, 0.05) is 12.6 Å². The van der Waals surface area contributed by atoms with Crippen LogP contribution in [0.5, 0.6) is 5.75 Å². The standard InChI is InChI=1S/C20H34N2O4S/c1-20(2,3)14-17(23)15-22(16-10-12-21(4)13-11-16)27(24,25)19-8-6-18(26-5)7-9-19/h6-9,16-17,23H,10-15H2,1-5H3/t17-/m0/s1. The van der Waals surface area contributed by atoms with Gasteiger partial charge in [0.25, 0.3) is 0 Å². The summed E-state index contributed by atoms with van der Waals surface area (Å²) in [7, 11) is -0.0932. The highest BCUT2D eigenvalue weighted by Crippen LogP contribution is 2.28. The van der Waals surface area contributed by atoms with E-state index in [0.717, 1.165) is 25.9 Å². The van der Waals surface area contributed by atoms with Gasteiger partial charge in [-0.25, -0.2) is 8.42 Å². The van der Waals surface area contributed by atoms with Crippen molar-refractivity contribution in [1.82, 2.24) is 9.21 Å². The highest BCUT2D eigenvalue weighted by molar-refractivity contribution is 7.89. The van der Waals surface area contributed by atoms with Crippen molar-refractivity contribution in [1.29, 1.82) is 0 Å². The Morgan fingerprint density at radius 2 is 1.78 bits per heavy atom. The number of ether oxygens (including phenoxy) is 1. The van der Waals surface area contributed by atoms with Crippen LogP contribution in [0.25, 0.3) is 0 Å². The van der Waals surface area contributed by atoms with Crippen molar-refractivity contribution in [3.8, 4) is 5.75 Å². The molecule has 0 aliphatic carbocycles. The Hall–Kier alpha value is -1.15. The van der Waals surface area contributed by atoms with E-state index in [1.54, 1.807) is 31.4 Å². The molecule has 1 aromatic rings. The van der Waals surface area contributed by atoms with Crippen molar-refractivity contribution >= 4 is 10.0 Å². The molecular weight excluding hydrogens is 364 g/mol. The number of methoxy groups -OCH3 is 1. The lowest BCUT2D eigenvalue weighted by Crippen LogP contribution is -2.49. The highest BCUT2D eigenvalue weighted by Gasteiger charge is 2.35. The second kappa shape index (κ2) is 8.90. The zero-order valence-corrected chi connectivity index (χ0v) is 18.0. The van der Waals surface area contributed by atoms with Crippen LogP contribution >= 0.6 is 0 Å². The van der Waals surface area contributed by atoms with E-state index in [4.69, 9.17) is 4.74 Å². The first-order chi connectivity index (χ1) is 12.5. The SMILES string of the molecule is COc1ccc(S(=O)(=O)N(C[C@@H](O)CC(C)(C)C)C2CCN(C)CC2)cc1. The average molecular weight is 399 g/mol. The Bertz CT molecular complexity index is 690. The summed E-state index contributed by atoms with van der Waals surface area (Å²) < 4.78 is 33.4. The number of benzene rings is 1. The van der Waals surface area contributed by atoms with Gasteiger partial charge >= 0.3 is 0 Å². The Labute approximate surface area is 164 Å². The van der Waals surface area contributed by atoms with Gasteiger partial charge in [0.15, 0.2) is 0 Å². The van der Waals surface area contributed by atoms with Gasteiger partial charge in [-0.1, -0.05) is 20.8 Å². The van der Waals surface area contributed by atoms with Crippen molar-refractivity contribution in [3.63, 3.8) is 0 Å². The van der Waals surface area contributed by atoms with Crippen molar-refractivity contribution in [3.05, 3.63) is 24.3 Å². The zero-order chi connectivity index (χ0) is 20.2. The van der Waals surface area contributed by atoms with E-state index in [2.05, 4.69) is 4.90 Å². The van der Waals surface area contributed by atoms with Crippen molar-refractivity contribution < 1.29 is 18.3 Å². The van der Waals surface area contributed by atoms with Crippen molar-refractivity contribution in [2.45, 2.75) is 57.1 Å². The lowest BCUT2D eigenvalue weighted by atomic mass is 9.89. The van der Waals surface area contributed by atoms with Crippen molar-refractivity contribution in [2.75, 3.05) is 33.8 Å². The van der Waals surface area contributed by atoms with E-state index in [-0.39, 0.29) is 22.9 Å². The number of sulfonamides is 1. The van der Waals surface area contributed by atoms with Gasteiger partial charge in [-0.05, 0) is 69.1 Å². The smallest absolute Gasteiger partial charge is 0.243 e. The number of aliphatic hydroxyl groups excluding tert-OH is 1. The maximum Gasteiger partial charge on any atom is 0.243 e. The molecule has 1 fully saturated rings. The molecule has 1 saturated heterocycles. The van der Waals surface area contributed by atoms with Crippen LogP contribution < -0.4 is 4.74 Å². The van der Waals surface area contributed by atoms with Crippen LogP contribution in [-0.4, -0.2) is 68.7 Å². The summed E-state index contributed by atoms with van der Waals surface area (Å²) >= 11 is 0. The van der Waals surface area contributed by atoms with E-state index >= 15 is 0 Å². The molecule has 154 valence electrons. The molecule has 1 aliphatic rings. The maximum atomic E-state index is 13.4. The van der Waals surface area contributed by atoms with Crippen LogP contribution in [-0.2, 0) is 10.0 Å². The largest absolute Gasteiger partial charge is 0.497 e. The van der Waals surface area contributed by atoms with Crippen LogP contribution in [0, 0.1) is 5.41 Å². The third-order valence-corrected chi connectivity index (χ3v) is 6.93. The number of aliphatic hydroxyl groups is 1. The predicted octanol–water partition coefficient (Wildman–Crippen LogP) is 2.58. The molecule has 0 saturated carbocycles. The summed E-state index contributed by atoms with van der Waals surface area (Å²) in [6.45, 7) is 7.99. The summed E-state index contributed by atoms with van der Waals surface area (Å²) in [5.74, 6) is 0.618. The summed E-state index contributed by atoms with van der Waals surface area (Å²) in [4.78, 5) is 2.45. The van der Waals surface area contributed by atoms with Crippen LogP contribution in [0.2, 0.25) is 0 Å². The molecule has 2 rings (SSSR count). The quantitative estimate of drug-likeness (QED) is 0.764. The fraction of sp³-hybridized carbons (Fsp3) is 0.700. The van der Waals surface area contributed by atoms with Gasteiger partial charge in [-0.15, -0.1) is 0 Å². The molecule has 0 unspecified atom stereocenters. The van der Waals surface area contributed by atoms with Gasteiger partial charge in [-0.2, -0.15) is 4.31 Å². The third kappa shape index (κ3) is 6.17. The van der Waals surface area contributed by atoms with E-state index in [0.29, 0.717) is 12.2 Å². The Morgan fingerprint density at radius 1 is 1.22 bits per heavy atom. The Morgan fingerprint density at radius 3 is 2.26 bits per heavy atom. The number of piperidine rings is 1. The third-order valence-electron chi connectivity index (χ3n) is 5.00. The highest BCUT2D eigenvalue weighted by atomic mass is 32.2. The number of hydrogen-bond acceptors (Lipinski definition) is 5. The van der Waals surface area contributed by atoms with Gasteiger partial charge < -0.3 is 14.7 Å². The molecule has 0 radical (unpaired) electrons. The van der Waals surface area contributed by atoms with Crippen molar-refractivity contribution in [2.24, 2.45) is 5.41 Å². The summed E-state index contributed by atoms with van der Waals surface area (Å²) in [6, 6.07) is 6.37. The van der Waals surface area contributed by atoms with E-state index in [1.165, 1.54) is 4.31 Å². The molecule has 6 nitrogen and oxygen atoms in total. The Kier molecular flexibility index (Phi) is 7.30. The van der Waals surface area contributed by atoms with Crippen LogP contribution in [0.1, 0.15) is 40.0 Å². The topological polar surface area (TPSA) is 70.1 Å². The molecule has 1 N–H and O–H groups in total. The normalized spacial score (nSPS) is 18.6. The fourth-order valence-corrected chi connectivity index (χ4v) is 5.31. The van der Waals surface area contributed by atoms with Crippen LogP contribution in [0.15, 0.2) is 29.2 Å². The first-order valence-corrected chi connectivity index (χ1v) is 11.0. The molecule has 1 atom stereocenters. The first-order valence-electron chi connectivity index (χ1n) is 9.55. The molecular formula is C20H34N2O4S. The molecule has 1 aliphatic heterocycles. The molecule has 7 heteroatoms. The second-order valence-electron chi connectivity index (χ2n) is 8.70. The number of hydrogen-bond donors (Lipinski definition) is 1. The molecule has 0 aromatic heterocycles. The predicted molar refractivity (Wildman–Crippen MR) is 107 cm³/mol. The van der Waals surface area contributed by atoms with E-state index in [1.807, 2.05) is 27.8 Å². The van der Waals surface area contributed by atoms with E-state index in [9.17, 15) is 13.5 Å².